The fraction of sp³-hybridized carbons (Fsp3) is 0.667. The highest BCUT2D eigenvalue weighted by molar-refractivity contribution is 5.59. The molecule has 1 aromatic carbocycles. The van der Waals surface area contributed by atoms with Crippen LogP contribution < -0.4 is 5.06 Å². The lowest BCUT2D eigenvalue weighted by atomic mass is 9.86. The first kappa shape index (κ1) is 18.6. The molecular formula is C18H30N2O2. The zero-order chi connectivity index (χ0) is 17.5. The Morgan fingerprint density at radius 1 is 0.909 bits per heavy atom. The number of nitroso groups, excluding NO2 is 1. The Bertz CT molecular complexity index is 558. The summed E-state index contributed by atoms with van der Waals surface area (Å²) in [5, 5.41) is 13.5. The number of hydrogen-bond donors (Lipinski definition) is 0. The standard InChI is InChI=1S/C18H30N2O2/c1-16(2,3)13-10-14(19(21)17(4,5)6)12-15(11-13)20(22)18(7,8)9/h10-12H,1-9H3. The summed E-state index contributed by atoms with van der Waals surface area (Å²) in [5.41, 5.74) is 0.796. The maximum atomic E-state index is 12.6. The summed E-state index contributed by atoms with van der Waals surface area (Å²) in [6, 6.07) is 5.46. The van der Waals surface area contributed by atoms with Gasteiger partial charge in [0.2, 0.25) is 5.54 Å². The molecule has 0 aliphatic carbocycles. The van der Waals surface area contributed by atoms with Crippen LogP contribution in [0.5, 0.6) is 0 Å². The number of hydrogen-bond acceptors (Lipinski definition) is 3. The molecule has 0 heterocycles. The molecular weight excluding hydrogens is 276 g/mol. The molecule has 0 saturated heterocycles. The Kier molecular flexibility index (Phi) is 4.79. The van der Waals surface area contributed by atoms with Crippen LogP contribution in [0.2, 0.25) is 0 Å². The predicted molar refractivity (Wildman–Crippen MR) is 93.8 cm³/mol. The van der Waals surface area contributed by atoms with Crippen LogP contribution in [0.3, 0.4) is 0 Å². The van der Waals surface area contributed by atoms with E-state index in [1.165, 1.54) is 0 Å². The van der Waals surface area contributed by atoms with Crippen molar-refractivity contribution in [3.8, 4) is 0 Å². The number of rotatable bonds is 2. The second-order valence-electron chi connectivity index (χ2n) is 8.92. The van der Waals surface area contributed by atoms with Gasteiger partial charge in [0, 0.05) is 53.8 Å². The van der Waals surface area contributed by atoms with Crippen molar-refractivity contribution in [2.75, 3.05) is 5.06 Å². The molecule has 4 nitrogen and oxygen atoms in total. The normalized spacial score (nSPS) is 13.2. The molecule has 4 heteroatoms. The Balaban J connectivity index is 3.51. The van der Waals surface area contributed by atoms with Crippen molar-refractivity contribution in [1.29, 1.82) is 0 Å². The van der Waals surface area contributed by atoms with E-state index >= 15 is 0 Å². The van der Waals surface area contributed by atoms with E-state index in [0.717, 1.165) is 15.4 Å². The van der Waals surface area contributed by atoms with Gasteiger partial charge in [0.1, 0.15) is 0 Å². The molecule has 22 heavy (non-hydrogen) atoms. The molecule has 0 aliphatic rings. The Hall–Kier alpha value is -1.42. The van der Waals surface area contributed by atoms with Crippen LogP contribution in [0.4, 0.5) is 11.4 Å². The number of nitrogens with zero attached hydrogens (tertiary/aromatic N) is 2. The summed E-state index contributed by atoms with van der Waals surface area (Å²) < 4.78 is 0.974. The van der Waals surface area contributed by atoms with E-state index in [1.54, 1.807) is 6.07 Å². The summed E-state index contributed by atoms with van der Waals surface area (Å²) >= 11 is 0. The monoisotopic (exact) mass is 306 g/mol. The van der Waals surface area contributed by atoms with Crippen molar-refractivity contribution < 1.29 is 4.76 Å². The zero-order valence-corrected chi connectivity index (χ0v) is 15.4. The summed E-state index contributed by atoms with van der Waals surface area (Å²) in [5.74, 6) is 0. The summed E-state index contributed by atoms with van der Waals surface area (Å²) in [7, 11) is 0. The van der Waals surface area contributed by atoms with Gasteiger partial charge in [-0.2, -0.15) is 0 Å². The van der Waals surface area contributed by atoms with Gasteiger partial charge in [-0.25, -0.2) is 0 Å². The van der Waals surface area contributed by atoms with E-state index in [2.05, 4.69) is 20.8 Å². The molecule has 0 radical (unpaired) electrons. The van der Waals surface area contributed by atoms with Gasteiger partial charge in [-0.05, 0) is 37.8 Å². The van der Waals surface area contributed by atoms with Crippen LogP contribution in [0, 0.1) is 10.1 Å². The highest BCUT2D eigenvalue weighted by Gasteiger charge is 2.33. The molecule has 0 aromatic heterocycles. The average Bonchev–Trinajstić information content (AvgIpc) is 2.33. The van der Waals surface area contributed by atoms with Crippen molar-refractivity contribution >= 4 is 11.4 Å². The van der Waals surface area contributed by atoms with Crippen LogP contribution in [-0.4, -0.2) is 15.8 Å². The Labute approximate surface area is 134 Å². The second-order valence-corrected chi connectivity index (χ2v) is 8.92. The third-order valence-corrected chi connectivity index (χ3v) is 3.46. The minimum Gasteiger partial charge on any atom is -0.758 e. The molecule has 0 fully saturated rings. The van der Waals surface area contributed by atoms with Crippen LogP contribution in [0.25, 0.3) is 0 Å². The van der Waals surface area contributed by atoms with Gasteiger partial charge in [-0.15, -0.1) is 0 Å². The molecule has 0 spiro atoms. The SMILES string of the molecule is CC(C)(C)c1cc(N([O-])C(C)(C)C)cc([N+](=O)C(C)(C)C)c1. The van der Waals surface area contributed by atoms with E-state index in [9.17, 15) is 10.1 Å². The quantitative estimate of drug-likeness (QED) is 0.550. The Morgan fingerprint density at radius 3 is 1.77 bits per heavy atom. The fourth-order valence-corrected chi connectivity index (χ4v) is 2.04. The van der Waals surface area contributed by atoms with Crippen LogP contribution >= 0.6 is 0 Å². The van der Waals surface area contributed by atoms with Gasteiger partial charge in [0.05, 0.1) is 0 Å². The minimum absolute atomic E-state index is 0.137. The third kappa shape index (κ3) is 4.29. The summed E-state index contributed by atoms with van der Waals surface area (Å²) in [4.78, 5) is 12.6. The van der Waals surface area contributed by atoms with Gasteiger partial charge < -0.3 is 10.3 Å². The molecule has 0 bridgehead atoms. The fourth-order valence-electron chi connectivity index (χ4n) is 2.04. The van der Waals surface area contributed by atoms with Gasteiger partial charge in [-0.1, -0.05) is 20.8 Å². The van der Waals surface area contributed by atoms with E-state index < -0.39 is 11.1 Å². The van der Waals surface area contributed by atoms with Crippen LogP contribution in [0.15, 0.2) is 18.2 Å². The van der Waals surface area contributed by atoms with Crippen molar-refractivity contribution in [3.63, 3.8) is 0 Å². The summed E-state index contributed by atoms with van der Waals surface area (Å²) in [6.07, 6.45) is 0. The minimum atomic E-state index is -0.552. The number of hydroxylamine groups is 1. The van der Waals surface area contributed by atoms with Crippen LogP contribution in [0.1, 0.15) is 67.9 Å². The Morgan fingerprint density at radius 2 is 1.41 bits per heavy atom. The zero-order valence-electron chi connectivity index (χ0n) is 15.4. The number of anilines is 1. The van der Waals surface area contributed by atoms with Gasteiger partial charge in [0.25, 0.3) is 5.69 Å². The maximum absolute atomic E-state index is 12.6. The lowest BCUT2D eigenvalue weighted by Gasteiger charge is -2.44. The van der Waals surface area contributed by atoms with Gasteiger partial charge >= 0.3 is 0 Å². The van der Waals surface area contributed by atoms with Crippen molar-refractivity contribution in [3.05, 3.63) is 33.9 Å². The largest absolute Gasteiger partial charge is 0.758 e. The second kappa shape index (κ2) is 5.65. The van der Waals surface area contributed by atoms with E-state index in [1.807, 2.05) is 53.7 Å². The van der Waals surface area contributed by atoms with Crippen molar-refractivity contribution in [2.45, 2.75) is 78.8 Å². The smallest absolute Gasteiger partial charge is 0.258 e. The van der Waals surface area contributed by atoms with E-state index in [4.69, 9.17) is 0 Å². The third-order valence-electron chi connectivity index (χ3n) is 3.46. The molecule has 0 atom stereocenters. The molecule has 0 saturated carbocycles. The summed E-state index contributed by atoms with van der Waals surface area (Å²) in [6.45, 7) is 17.4. The molecule has 0 amide bonds. The first-order valence-corrected chi connectivity index (χ1v) is 7.74. The van der Waals surface area contributed by atoms with Gasteiger partial charge in [-0.3, -0.25) is 0 Å². The molecule has 0 unspecified atom stereocenters. The predicted octanol–water partition coefficient (Wildman–Crippen LogP) is 5.30. The molecule has 124 valence electrons. The van der Waals surface area contributed by atoms with Crippen molar-refractivity contribution in [1.82, 2.24) is 0 Å². The highest BCUT2D eigenvalue weighted by atomic mass is 16.5. The first-order chi connectivity index (χ1) is 9.64. The number of benzene rings is 1. The molecule has 1 rings (SSSR count). The van der Waals surface area contributed by atoms with E-state index in [-0.39, 0.29) is 5.41 Å². The maximum Gasteiger partial charge on any atom is 0.258 e. The lowest BCUT2D eigenvalue weighted by Crippen LogP contribution is -2.37. The average molecular weight is 306 g/mol. The highest BCUT2D eigenvalue weighted by Crippen LogP contribution is 2.35. The lowest BCUT2D eigenvalue weighted by molar-refractivity contribution is -0.540. The molecule has 0 N–H and O–H groups in total. The van der Waals surface area contributed by atoms with Crippen LogP contribution in [-0.2, 0) is 5.41 Å². The topological polar surface area (TPSA) is 46.4 Å². The molecule has 0 aliphatic heterocycles. The van der Waals surface area contributed by atoms with Crippen molar-refractivity contribution in [2.24, 2.45) is 0 Å². The van der Waals surface area contributed by atoms with Gasteiger partial charge in [0.15, 0.2) is 0 Å². The van der Waals surface area contributed by atoms with E-state index in [0.29, 0.717) is 11.4 Å². The molecule has 1 aromatic rings. The first-order valence-electron chi connectivity index (χ1n) is 7.74.